The van der Waals surface area contributed by atoms with Crippen LogP contribution in [-0.2, 0) is 0 Å². The fourth-order valence-corrected chi connectivity index (χ4v) is 4.30. The third-order valence-corrected chi connectivity index (χ3v) is 6.25. The lowest BCUT2D eigenvalue weighted by Crippen LogP contribution is -2.39. The zero-order chi connectivity index (χ0) is 15.3. The molecule has 4 nitrogen and oxygen atoms in total. The molecule has 0 amide bonds. The molecule has 3 unspecified atom stereocenters. The van der Waals surface area contributed by atoms with Crippen molar-refractivity contribution in [2.45, 2.75) is 46.1 Å². The number of hydrogen-bond acceptors (Lipinski definition) is 3. The molecule has 0 saturated heterocycles. The highest BCUT2D eigenvalue weighted by molar-refractivity contribution is 5.99. The maximum absolute atomic E-state index is 8.92. The standard InChI is InChI=1S/C17H24N2O2/c1-16(2)11-8-9-17(16,3)14(10-11)21-13-7-5-4-6-12(13)15(18)19-20/h4-7,11,14,20H,8-10H2,1-3H3,(H2,18,19). The topological polar surface area (TPSA) is 67.8 Å². The summed E-state index contributed by atoms with van der Waals surface area (Å²) in [5.74, 6) is 1.53. The van der Waals surface area contributed by atoms with Crippen LogP contribution in [0, 0.1) is 16.7 Å². The van der Waals surface area contributed by atoms with E-state index in [0.717, 1.165) is 12.3 Å². The molecule has 2 bridgehead atoms. The van der Waals surface area contributed by atoms with E-state index in [1.165, 1.54) is 12.8 Å². The molecule has 4 heteroatoms. The predicted molar refractivity (Wildman–Crippen MR) is 82.6 cm³/mol. The van der Waals surface area contributed by atoms with E-state index in [-0.39, 0.29) is 17.4 Å². The molecule has 2 aliphatic carbocycles. The van der Waals surface area contributed by atoms with E-state index in [0.29, 0.717) is 16.7 Å². The van der Waals surface area contributed by atoms with Crippen LogP contribution in [-0.4, -0.2) is 17.1 Å². The van der Waals surface area contributed by atoms with E-state index < -0.39 is 0 Å². The lowest BCUT2D eigenvalue weighted by Gasteiger charge is -2.39. The smallest absolute Gasteiger partial charge is 0.173 e. The van der Waals surface area contributed by atoms with Gasteiger partial charge in [-0.1, -0.05) is 38.1 Å². The molecule has 0 aromatic heterocycles. The maximum atomic E-state index is 8.92. The SMILES string of the molecule is CC1(C)C2CCC1(C)C(Oc1ccccc1/C(N)=N/O)C2. The molecule has 3 atom stereocenters. The molecule has 2 saturated carbocycles. The van der Waals surface area contributed by atoms with Crippen LogP contribution in [0.3, 0.4) is 0 Å². The highest BCUT2D eigenvalue weighted by Gasteiger charge is 2.62. The molecular formula is C17H24N2O2. The van der Waals surface area contributed by atoms with E-state index in [1.807, 2.05) is 24.3 Å². The first kappa shape index (κ1) is 14.2. The van der Waals surface area contributed by atoms with Gasteiger partial charge in [0.05, 0.1) is 5.56 Å². The second-order valence-electron chi connectivity index (χ2n) is 7.20. The van der Waals surface area contributed by atoms with E-state index in [2.05, 4.69) is 25.9 Å². The van der Waals surface area contributed by atoms with Crippen LogP contribution in [0.25, 0.3) is 0 Å². The first-order chi connectivity index (χ1) is 9.90. The average Bonchev–Trinajstić information content (AvgIpc) is 2.80. The second kappa shape index (κ2) is 4.65. The number of nitrogens with two attached hydrogens (primary N) is 1. The molecule has 21 heavy (non-hydrogen) atoms. The van der Waals surface area contributed by atoms with Crippen molar-refractivity contribution in [1.29, 1.82) is 0 Å². The van der Waals surface area contributed by atoms with E-state index in [4.69, 9.17) is 15.7 Å². The van der Waals surface area contributed by atoms with Gasteiger partial charge in [-0.05, 0) is 42.7 Å². The fraction of sp³-hybridized carbons (Fsp3) is 0.588. The van der Waals surface area contributed by atoms with Gasteiger partial charge in [0.15, 0.2) is 5.84 Å². The van der Waals surface area contributed by atoms with Gasteiger partial charge in [-0.15, -0.1) is 0 Å². The third-order valence-electron chi connectivity index (χ3n) is 6.25. The first-order valence-corrected chi connectivity index (χ1v) is 7.64. The number of rotatable bonds is 3. The van der Waals surface area contributed by atoms with Crippen LogP contribution in [0.2, 0.25) is 0 Å². The molecule has 3 rings (SSSR count). The Morgan fingerprint density at radius 2 is 2.05 bits per heavy atom. The molecule has 1 aromatic rings. The summed E-state index contributed by atoms with van der Waals surface area (Å²) in [7, 11) is 0. The molecular weight excluding hydrogens is 264 g/mol. The summed E-state index contributed by atoms with van der Waals surface area (Å²) < 4.78 is 6.33. The highest BCUT2D eigenvalue weighted by atomic mass is 16.5. The first-order valence-electron chi connectivity index (χ1n) is 7.64. The summed E-state index contributed by atoms with van der Waals surface area (Å²) in [6.45, 7) is 7.07. The number of ether oxygens (including phenoxy) is 1. The largest absolute Gasteiger partial charge is 0.489 e. The average molecular weight is 288 g/mol. The van der Waals surface area contributed by atoms with Crippen molar-refractivity contribution in [3.8, 4) is 5.75 Å². The maximum Gasteiger partial charge on any atom is 0.173 e. The van der Waals surface area contributed by atoms with E-state index in [1.54, 1.807) is 0 Å². The molecule has 3 N–H and O–H groups in total. The molecule has 1 aromatic carbocycles. The summed E-state index contributed by atoms with van der Waals surface area (Å²) in [5, 5.41) is 12.0. The summed E-state index contributed by atoms with van der Waals surface area (Å²) in [5.41, 5.74) is 6.91. The van der Waals surface area contributed by atoms with Gasteiger partial charge in [-0.2, -0.15) is 0 Å². The van der Waals surface area contributed by atoms with Crippen LogP contribution in [0.4, 0.5) is 0 Å². The zero-order valence-corrected chi connectivity index (χ0v) is 13.0. The lowest BCUT2D eigenvalue weighted by molar-refractivity contribution is 0.0300. The van der Waals surface area contributed by atoms with Gasteiger partial charge in [0.25, 0.3) is 0 Å². The Morgan fingerprint density at radius 3 is 2.62 bits per heavy atom. The van der Waals surface area contributed by atoms with Crippen LogP contribution >= 0.6 is 0 Å². The van der Waals surface area contributed by atoms with E-state index >= 15 is 0 Å². The fourth-order valence-electron chi connectivity index (χ4n) is 4.30. The summed E-state index contributed by atoms with van der Waals surface area (Å²) >= 11 is 0. The number of hydrogen-bond donors (Lipinski definition) is 2. The minimum atomic E-state index is 0.0955. The van der Waals surface area contributed by atoms with Crippen LogP contribution in [0.5, 0.6) is 5.75 Å². The van der Waals surface area contributed by atoms with Gasteiger partial charge in [-0.25, -0.2) is 0 Å². The Labute approximate surface area is 126 Å². The van der Waals surface area contributed by atoms with Gasteiger partial charge in [0, 0.05) is 5.41 Å². The monoisotopic (exact) mass is 288 g/mol. The number of amidine groups is 1. The Morgan fingerprint density at radius 1 is 1.33 bits per heavy atom. The Kier molecular flexibility index (Phi) is 3.15. The number of fused-ring (bicyclic) bond motifs is 2. The second-order valence-corrected chi connectivity index (χ2v) is 7.20. The molecule has 114 valence electrons. The third kappa shape index (κ3) is 1.92. The molecule has 0 heterocycles. The summed E-state index contributed by atoms with van der Waals surface area (Å²) in [6, 6.07) is 7.51. The summed E-state index contributed by atoms with van der Waals surface area (Å²) in [4.78, 5) is 0. The van der Waals surface area contributed by atoms with Crippen molar-refractivity contribution in [1.82, 2.24) is 0 Å². The van der Waals surface area contributed by atoms with Crippen molar-refractivity contribution in [3.63, 3.8) is 0 Å². The zero-order valence-electron chi connectivity index (χ0n) is 13.0. The van der Waals surface area contributed by atoms with Crippen LogP contribution in [0.1, 0.15) is 45.6 Å². The Bertz CT molecular complexity index is 582. The molecule has 2 fully saturated rings. The molecule has 0 radical (unpaired) electrons. The molecule has 0 aliphatic heterocycles. The normalized spacial score (nSPS) is 34.1. The van der Waals surface area contributed by atoms with Crippen molar-refractivity contribution < 1.29 is 9.94 Å². The van der Waals surface area contributed by atoms with Crippen molar-refractivity contribution in [3.05, 3.63) is 29.8 Å². The van der Waals surface area contributed by atoms with Gasteiger partial charge < -0.3 is 15.7 Å². The number of nitrogens with zero attached hydrogens (tertiary/aromatic N) is 1. The van der Waals surface area contributed by atoms with Crippen molar-refractivity contribution in [2.75, 3.05) is 0 Å². The minimum absolute atomic E-state index is 0.0955. The van der Waals surface area contributed by atoms with Crippen molar-refractivity contribution >= 4 is 5.84 Å². The lowest BCUT2D eigenvalue weighted by atomic mass is 9.70. The number of benzene rings is 1. The van der Waals surface area contributed by atoms with Crippen LogP contribution in [0.15, 0.2) is 29.4 Å². The van der Waals surface area contributed by atoms with Gasteiger partial charge in [0.1, 0.15) is 11.9 Å². The predicted octanol–water partition coefficient (Wildman–Crippen LogP) is 3.37. The molecule has 2 aliphatic rings. The van der Waals surface area contributed by atoms with Gasteiger partial charge in [0.2, 0.25) is 0 Å². The number of oxime groups is 1. The van der Waals surface area contributed by atoms with Crippen LogP contribution < -0.4 is 10.5 Å². The van der Waals surface area contributed by atoms with E-state index in [9.17, 15) is 0 Å². The minimum Gasteiger partial charge on any atom is -0.489 e. The molecule has 0 spiro atoms. The Balaban J connectivity index is 1.90. The quantitative estimate of drug-likeness (QED) is 0.388. The number of para-hydroxylation sites is 1. The summed E-state index contributed by atoms with van der Waals surface area (Å²) in [6.07, 6.45) is 3.79. The van der Waals surface area contributed by atoms with Gasteiger partial charge in [-0.3, -0.25) is 0 Å². The van der Waals surface area contributed by atoms with Crippen molar-refractivity contribution in [2.24, 2.45) is 27.6 Å². The van der Waals surface area contributed by atoms with Gasteiger partial charge >= 0.3 is 0 Å². The Hall–Kier alpha value is -1.71. The highest BCUT2D eigenvalue weighted by Crippen LogP contribution is 2.66.